The van der Waals surface area contributed by atoms with Gasteiger partial charge < -0.3 is 23.7 Å². The number of aryl methyl sites for hydroxylation is 10. The Kier molecular flexibility index (Phi) is 18.8. The van der Waals surface area contributed by atoms with Crippen LogP contribution in [0.4, 0.5) is 0 Å². The van der Waals surface area contributed by atoms with Crippen LogP contribution in [0.25, 0.3) is 0 Å². The van der Waals surface area contributed by atoms with Crippen LogP contribution in [0.5, 0.6) is 28.7 Å². The number of nitrogens with one attached hydrogen (secondary N) is 5. The molecule has 0 aliphatic heterocycles. The Morgan fingerprint density at radius 2 is 0.350 bits per heavy atom. The van der Waals surface area contributed by atoms with Crippen LogP contribution >= 0.6 is 0 Å². The smallest absolute Gasteiger partial charge is 0.127 e. The molecule has 0 atom stereocenters. The molecule has 15 nitrogen and oxygen atoms in total. The van der Waals surface area contributed by atoms with Crippen molar-refractivity contribution in [2.24, 2.45) is 0 Å². The molecular formula is C85H110N10O5. The Labute approximate surface area is 594 Å². The number of rotatable bonds is 10. The number of H-pyrrole nitrogens is 5. The summed E-state index contributed by atoms with van der Waals surface area (Å²) in [5.41, 5.74) is 27.0. The van der Waals surface area contributed by atoms with E-state index in [1.807, 2.05) is 35.5 Å². The van der Waals surface area contributed by atoms with Gasteiger partial charge in [-0.1, -0.05) is 165 Å². The first kappa shape index (κ1) is 72.4. The van der Waals surface area contributed by atoms with Crippen molar-refractivity contribution in [1.29, 1.82) is 0 Å². The first-order valence-corrected chi connectivity index (χ1v) is 35.4. The molecule has 5 heterocycles. The second-order valence-corrected chi connectivity index (χ2v) is 33.6. The molecule has 5 aromatic heterocycles. The minimum absolute atomic E-state index is 0.405. The quantitative estimate of drug-likeness (QED) is 0.0881. The molecule has 0 saturated heterocycles. The molecule has 0 saturated carbocycles. The van der Waals surface area contributed by atoms with Crippen molar-refractivity contribution in [3.05, 3.63) is 229 Å². The molecule has 1 aliphatic rings. The molecule has 11 rings (SSSR count). The van der Waals surface area contributed by atoms with Crippen LogP contribution in [-0.4, -0.2) is 86.5 Å². The molecule has 100 heavy (non-hydrogen) atoms. The largest absolute Gasteiger partial charge is 0.496 e. The van der Waals surface area contributed by atoms with E-state index in [4.69, 9.17) is 49.2 Å². The molecule has 5 N–H and O–H groups in total. The minimum atomic E-state index is -0.560. The predicted molar refractivity (Wildman–Crippen MR) is 404 cm³/mol. The molecule has 0 unspecified atom stereocenters. The summed E-state index contributed by atoms with van der Waals surface area (Å²) in [6, 6.07) is 23.9. The van der Waals surface area contributed by atoms with Gasteiger partial charge in [0.05, 0.1) is 64.0 Å². The zero-order valence-electron chi connectivity index (χ0n) is 65.4. The van der Waals surface area contributed by atoms with Gasteiger partial charge in [0.25, 0.3) is 0 Å². The summed E-state index contributed by atoms with van der Waals surface area (Å²) in [7, 11) is 9.15. The number of aromatic amines is 5. The van der Waals surface area contributed by atoms with Crippen LogP contribution in [0, 0.1) is 69.2 Å². The van der Waals surface area contributed by atoms with Crippen LogP contribution in [0.1, 0.15) is 302 Å². The molecule has 5 aromatic carbocycles. The number of fused-ring (bicyclic) bond motifs is 10. The fourth-order valence-corrected chi connectivity index (χ4v) is 16.2. The minimum Gasteiger partial charge on any atom is -0.496 e. The lowest BCUT2D eigenvalue weighted by molar-refractivity contribution is 0.388. The molecular weight excluding hydrogens is 1240 g/mol. The normalized spacial score (nSPS) is 17.0. The third kappa shape index (κ3) is 12.4. The highest BCUT2D eigenvalue weighted by molar-refractivity contribution is 5.72. The SMILES string of the molecule is COc1c2cc(C(C)(C)C)cc1C(c1c(C)n[nH]c1C)c1cc(C(C)(C)C)cc(c1OC)C(c1c(C)n[nH]c1C)c1cc(C(C)(C)C)cc(c1OC)C(c1c(C)n[nH]c1C)c1cc(C(C)(C)C)cc(c1OC)C(c1c(C)n[nH]c1C)c1cc(C(C)(C)C)cc(c1OC)C2c1c(C)n[nH]c1C. The molecule has 15 heteroatoms. The van der Waals surface area contributed by atoms with E-state index in [1.54, 1.807) is 0 Å². The van der Waals surface area contributed by atoms with Crippen molar-refractivity contribution < 1.29 is 23.7 Å². The van der Waals surface area contributed by atoms with Gasteiger partial charge in [-0.15, -0.1) is 0 Å². The lowest BCUT2D eigenvalue weighted by Crippen LogP contribution is -2.22. The Bertz CT molecular complexity index is 3860. The van der Waals surface area contributed by atoms with Crippen LogP contribution in [0.2, 0.25) is 0 Å². The molecule has 0 amide bonds. The highest BCUT2D eigenvalue weighted by atomic mass is 16.5. The highest BCUT2D eigenvalue weighted by Gasteiger charge is 2.44. The van der Waals surface area contributed by atoms with Crippen molar-refractivity contribution in [3.63, 3.8) is 0 Å². The molecule has 0 spiro atoms. The fraction of sp³-hybridized carbons (Fsp3) is 0.471. The zero-order chi connectivity index (χ0) is 73.3. The maximum absolute atomic E-state index is 7.34. The third-order valence-electron chi connectivity index (χ3n) is 21.6. The zero-order valence-corrected chi connectivity index (χ0v) is 65.4. The van der Waals surface area contributed by atoms with E-state index in [-0.39, 0.29) is 0 Å². The second kappa shape index (κ2) is 26.0. The van der Waals surface area contributed by atoms with Gasteiger partial charge in [-0.3, -0.25) is 25.5 Å². The number of nitrogens with zero attached hydrogens (tertiary/aromatic N) is 5. The van der Waals surface area contributed by atoms with Gasteiger partial charge in [-0.25, -0.2) is 0 Å². The fourth-order valence-electron chi connectivity index (χ4n) is 16.2. The van der Waals surface area contributed by atoms with Gasteiger partial charge >= 0.3 is 0 Å². The molecule has 10 bridgehead atoms. The van der Waals surface area contributed by atoms with Gasteiger partial charge in [-0.05, 0) is 124 Å². The highest BCUT2D eigenvalue weighted by Crippen LogP contribution is 2.59. The third-order valence-corrected chi connectivity index (χ3v) is 21.6. The van der Waals surface area contributed by atoms with E-state index in [1.165, 1.54) is 0 Å². The molecule has 10 aromatic rings. The Hall–Kier alpha value is -8.85. The summed E-state index contributed by atoms with van der Waals surface area (Å²) in [5, 5.41) is 42.8. The van der Waals surface area contributed by atoms with E-state index >= 15 is 0 Å². The Balaban J connectivity index is 1.53. The lowest BCUT2D eigenvalue weighted by Gasteiger charge is -2.36. The summed E-state index contributed by atoms with van der Waals surface area (Å²) in [6.07, 6.45) is 0. The summed E-state index contributed by atoms with van der Waals surface area (Å²) in [5.74, 6) is 0.774. The summed E-state index contributed by atoms with van der Waals surface area (Å²) >= 11 is 0. The number of hydrogen-bond donors (Lipinski definition) is 5. The van der Waals surface area contributed by atoms with Crippen LogP contribution in [0.3, 0.4) is 0 Å². The average molecular weight is 1350 g/mol. The van der Waals surface area contributed by atoms with Crippen molar-refractivity contribution in [2.45, 2.75) is 230 Å². The maximum atomic E-state index is 7.34. The summed E-state index contributed by atoms with van der Waals surface area (Å²) < 4.78 is 36.7. The first-order chi connectivity index (χ1) is 46.7. The van der Waals surface area contributed by atoms with Gasteiger partial charge in [0, 0.05) is 142 Å². The van der Waals surface area contributed by atoms with E-state index in [0.717, 1.165) is 168 Å². The van der Waals surface area contributed by atoms with Crippen molar-refractivity contribution in [1.82, 2.24) is 51.0 Å². The van der Waals surface area contributed by atoms with Crippen LogP contribution in [0.15, 0.2) is 60.7 Å². The van der Waals surface area contributed by atoms with Crippen molar-refractivity contribution in [2.75, 3.05) is 35.5 Å². The Morgan fingerprint density at radius 3 is 0.430 bits per heavy atom. The number of hydrogen-bond acceptors (Lipinski definition) is 10. The van der Waals surface area contributed by atoms with Crippen molar-refractivity contribution in [3.8, 4) is 28.7 Å². The topological polar surface area (TPSA) is 190 Å². The van der Waals surface area contributed by atoms with E-state index in [2.05, 4.69) is 259 Å². The molecule has 530 valence electrons. The average Bonchev–Trinajstić information content (AvgIpc) is 1.05. The van der Waals surface area contributed by atoms with E-state index < -0.39 is 56.7 Å². The van der Waals surface area contributed by atoms with Crippen molar-refractivity contribution >= 4 is 0 Å². The van der Waals surface area contributed by atoms with Crippen LogP contribution in [-0.2, 0) is 27.1 Å². The van der Waals surface area contributed by atoms with Gasteiger partial charge in [0.1, 0.15) is 28.7 Å². The maximum Gasteiger partial charge on any atom is 0.127 e. The summed E-state index contributed by atoms with van der Waals surface area (Å²) in [4.78, 5) is 0. The molecule has 1 aliphatic carbocycles. The van der Waals surface area contributed by atoms with Gasteiger partial charge in [0.2, 0.25) is 0 Å². The van der Waals surface area contributed by atoms with E-state index in [9.17, 15) is 0 Å². The van der Waals surface area contributed by atoms with E-state index in [0.29, 0.717) is 28.7 Å². The predicted octanol–water partition coefficient (Wildman–Crippen LogP) is 19.1. The second-order valence-electron chi connectivity index (χ2n) is 33.6. The molecule has 0 radical (unpaired) electrons. The summed E-state index contributed by atoms with van der Waals surface area (Å²) in [6.45, 7) is 55.8. The number of ether oxygens (including phenoxy) is 5. The number of methoxy groups -OCH3 is 5. The lowest BCUT2D eigenvalue weighted by atomic mass is 9.69. The van der Waals surface area contributed by atoms with Gasteiger partial charge in [-0.2, -0.15) is 25.5 Å². The van der Waals surface area contributed by atoms with Gasteiger partial charge in [0.15, 0.2) is 0 Å². The number of aromatic nitrogens is 10. The number of benzene rings is 5. The monoisotopic (exact) mass is 1350 g/mol. The van der Waals surface area contributed by atoms with Crippen LogP contribution < -0.4 is 23.7 Å². The first-order valence-electron chi connectivity index (χ1n) is 35.4. The molecule has 0 fully saturated rings. The Morgan fingerprint density at radius 1 is 0.230 bits per heavy atom. The standard InChI is InChI=1S/C85H110N10O5/c1-41-66(42(2)87-86-41)71-56-31-51(81(11,12)13)33-58(76(56)96-26)72(67-43(3)88-89-44(67)4)60-35-53(83(17,18)19)37-62(78(60)98-28)74(69-47(7)92-93-48(69)8)64-39-55(85(23,24)25)40-65(80(64)100-30)75(70-49(9)94-95-50(70)10)63-38-54(84(20,21)22)36-61(79(63)99-29)73(68-45(5)90-91-46(68)6)59-34-52(82(14,15)16)32-57(71)77(59)97-27/h31-40,71-75H,1-30H3,(H,86,87)(H,88,89)(H,90,91)(H,92,93)(H,94,95).